The summed E-state index contributed by atoms with van der Waals surface area (Å²) in [5.74, 6) is 0.824. The monoisotopic (exact) mass is 204 g/mol. The van der Waals surface area contributed by atoms with Crippen molar-refractivity contribution in [3.8, 4) is 5.75 Å². The van der Waals surface area contributed by atoms with Gasteiger partial charge in [0.25, 0.3) is 0 Å². The summed E-state index contributed by atoms with van der Waals surface area (Å²) in [7, 11) is 0. The zero-order chi connectivity index (χ0) is 10.1. The van der Waals surface area contributed by atoms with E-state index in [0.29, 0.717) is 0 Å². The molecule has 3 rings (SSSR count). The summed E-state index contributed by atoms with van der Waals surface area (Å²) in [6.07, 6.45) is 2.65. The fourth-order valence-electron chi connectivity index (χ4n) is 1.87. The molecule has 1 aromatic rings. The van der Waals surface area contributed by atoms with Gasteiger partial charge >= 0.3 is 0 Å². The van der Waals surface area contributed by atoms with Crippen molar-refractivity contribution in [3.05, 3.63) is 29.8 Å². The molecule has 1 unspecified atom stereocenters. The van der Waals surface area contributed by atoms with E-state index in [0.717, 1.165) is 25.3 Å². The van der Waals surface area contributed by atoms with E-state index in [9.17, 15) is 0 Å². The Bertz CT molecular complexity index is 392. The highest BCUT2D eigenvalue weighted by molar-refractivity contribution is 5.57. The molecule has 2 aliphatic rings. The summed E-state index contributed by atoms with van der Waals surface area (Å²) in [5.41, 5.74) is 1.19. The lowest BCUT2D eigenvalue weighted by Gasteiger charge is -2.29. The van der Waals surface area contributed by atoms with Gasteiger partial charge in [-0.1, -0.05) is 18.2 Å². The van der Waals surface area contributed by atoms with Gasteiger partial charge in [-0.3, -0.25) is 4.99 Å². The van der Waals surface area contributed by atoms with Crippen LogP contribution in [-0.2, 0) is 11.3 Å². The fraction of sp³-hybridized carbons (Fsp3) is 0.364. The van der Waals surface area contributed by atoms with Crippen molar-refractivity contribution in [2.24, 2.45) is 4.99 Å². The van der Waals surface area contributed by atoms with Gasteiger partial charge in [0.2, 0.25) is 0 Å². The molecule has 0 saturated heterocycles. The average Bonchev–Trinajstić information content (AvgIpc) is 2.82. The molecule has 78 valence electrons. The summed E-state index contributed by atoms with van der Waals surface area (Å²) >= 11 is 0. The Morgan fingerprint density at radius 2 is 2.27 bits per heavy atom. The number of hydrogen-bond acceptors (Lipinski definition) is 4. The molecule has 0 radical (unpaired) electrons. The molecular formula is C11H12N2O2. The third-order valence-corrected chi connectivity index (χ3v) is 2.70. The normalized spacial score (nSPS) is 23.7. The SMILES string of the molecule is C1=NCCN1C1Cc2ccccc2OO1. The van der Waals surface area contributed by atoms with E-state index in [4.69, 9.17) is 9.78 Å². The predicted molar refractivity (Wildman–Crippen MR) is 55.7 cm³/mol. The van der Waals surface area contributed by atoms with Crippen molar-refractivity contribution in [2.75, 3.05) is 13.1 Å². The number of benzene rings is 1. The zero-order valence-electron chi connectivity index (χ0n) is 8.30. The van der Waals surface area contributed by atoms with Gasteiger partial charge in [-0.05, 0) is 6.07 Å². The van der Waals surface area contributed by atoms with Gasteiger partial charge in [-0.15, -0.1) is 0 Å². The summed E-state index contributed by atoms with van der Waals surface area (Å²) in [6, 6.07) is 7.95. The molecule has 4 nitrogen and oxygen atoms in total. The van der Waals surface area contributed by atoms with E-state index in [1.807, 2.05) is 24.5 Å². The minimum absolute atomic E-state index is 0.0360. The number of rotatable bonds is 1. The maximum absolute atomic E-state index is 5.32. The molecule has 15 heavy (non-hydrogen) atoms. The second-order valence-corrected chi connectivity index (χ2v) is 3.71. The van der Waals surface area contributed by atoms with Crippen molar-refractivity contribution < 1.29 is 9.78 Å². The Balaban J connectivity index is 1.79. The van der Waals surface area contributed by atoms with Crippen molar-refractivity contribution >= 4 is 6.34 Å². The lowest BCUT2D eigenvalue weighted by molar-refractivity contribution is -0.280. The Labute approximate surface area is 88.1 Å². The van der Waals surface area contributed by atoms with E-state index >= 15 is 0 Å². The molecule has 4 heteroatoms. The van der Waals surface area contributed by atoms with Gasteiger partial charge in [-0.25, -0.2) is 0 Å². The van der Waals surface area contributed by atoms with Crippen LogP contribution in [0.3, 0.4) is 0 Å². The highest BCUT2D eigenvalue weighted by Crippen LogP contribution is 2.26. The van der Waals surface area contributed by atoms with Crippen molar-refractivity contribution in [3.63, 3.8) is 0 Å². The number of fused-ring (bicyclic) bond motifs is 1. The lowest BCUT2D eigenvalue weighted by atomic mass is 10.1. The molecule has 0 bridgehead atoms. The van der Waals surface area contributed by atoms with Crippen LogP contribution in [0, 0.1) is 0 Å². The number of para-hydroxylation sites is 1. The van der Waals surface area contributed by atoms with Crippen molar-refractivity contribution in [1.82, 2.24) is 4.90 Å². The molecule has 0 saturated carbocycles. The van der Waals surface area contributed by atoms with Gasteiger partial charge in [-0.2, -0.15) is 4.89 Å². The maximum Gasteiger partial charge on any atom is 0.181 e. The smallest absolute Gasteiger partial charge is 0.181 e. The molecule has 0 amide bonds. The highest BCUT2D eigenvalue weighted by atomic mass is 17.2. The number of nitrogens with zero attached hydrogens (tertiary/aromatic N) is 2. The standard InChI is InChI=1S/C11H12N2O2/c1-2-4-10-9(3-1)7-11(15-14-10)13-6-5-12-8-13/h1-4,8,11H,5-7H2. The van der Waals surface area contributed by atoms with Gasteiger partial charge in [0.05, 0.1) is 12.9 Å². The Hall–Kier alpha value is -1.55. The Morgan fingerprint density at radius 1 is 1.33 bits per heavy atom. The molecule has 0 N–H and O–H groups in total. The fourth-order valence-corrected chi connectivity index (χ4v) is 1.87. The molecule has 1 aromatic carbocycles. The summed E-state index contributed by atoms with van der Waals surface area (Å²) < 4.78 is 0. The molecule has 1 atom stereocenters. The quantitative estimate of drug-likeness (QED) is 0.645. The Morgan fingerprint density at radius 3 is 3.13 bits per heavy atom. The summed E-state index contributed by atoms with van der Waals surface area (Å²) in [5, 5.41) is 0. The first-order valence-electron chi connectivity index (χ1n) is 5.10. The first kappa shape index (κ1) is 8.73. The van der Waals surface area contributed by atoms with Gasteiger partial charge in [0, 0.05) is 18.5 Å². The maximum atomic E-state index is 5.32. The topological polar surface area (TPSA) is 34.1 Å². The molecule has 0 fully saturated rings. The third kappa shape index (κ3) is 1.57. The predicted octanol–water partition coefficient (Wildman–Crippen LogP) is 1.22. The van der Waals surface area contributed by atoms with Crippen LogP contribution in [0.1, 0.15) is 5.56 Å². The van der Waals surface area contributed by atoms with E-state index in [-0.39, 0.29) is 6.23 Å². The van der Waals surface area contributed by atoms with Crippen LogP contribution in [-0.4, -0.2) is 30.6 Å². The van der Waals surface area contributed by atoms with Gasteiger partial charge < -0.3 is 9.79 Å². The molecule has 0 aliphatic carbocycles. The van der Waals surface area contributed by atoms with Crippen LogP contribution in [0.2, 0.25) is 0 Å². The van der Waals surface area contributed by atoms with Crippen LogP contribution >= 0.6 is 0 Å². The second-order valence-electron chi connectivity index (χ2n) is 3.71. The number of aliphatic imine (C=N–C) groups is 1. The molecule has 2 aliphatic heterocycles. The van der Waals surface area contributed by atoms with Crippen LogP contribution in [0.25, 0.3) is 0 Å². The molecule has 0 spiro atoms. The van der Waals surface area contributed by atoms with Crippen LogP contribution in [0.4, 0.5) is 0 Å². The minimum atomic E-state index is -0.0360. The van der Waals surface area contributed by atoms with Crippen molar-refractivity contribution in [2.45, 2.75) is 12.6 Å². The van der Waals surface area contributed by atoms with Crippen molar-refractivity contribution in [1.29, 1.82) is 0 Å². The van der Waals surface area contributed by atoms with E-state index in [1.165, 1.54) is 5.56 Å². The largest absolute Gasteiger partial charge is 0.335 e. The Kier molecular flexibility index (Phi) is 2.07. The van der Waals surface area contributed by atoms with Crippen LogP contribution in [0.5, 0.6) is 5.75 Å². The van der Waals surface area contributed by atoms with E-state index in [1.54, 1.807) is 0 Å². The lowest BCUT2D eigenvalue weighted by Crippen LogP contribution is -2.39. The first-order valence-corrected chi connectivity index (χ1v) is 5.10. The van der Waals surface area contributed by atoms with Gasteiger partial charge in [0.15, 0.2) is 12.0 Å². The van der Waals surface area contributed by atoms with E-state index in [2.05, 4.69) is 16.0 Å². The number of hydrogen-bond donors (Lipinski definition) is 0. The summed E-state index contributed by atoms with van der Waals surface area (Å²) in [6.45, 7) is 1.76. The average molecular weight is 204 g/mol. The second kappa shape index (κ2) is 3.55. The van der Waals surface area contributed by atoms with E-state index < -0.39 is 0 Å². The van der Waals surface area contributed by atoms with Crippen LogP contribution < -0.4 is 4.89 Å². The van der Waals surface area contributed by atoms with Crippen LogP contribution in [0.15, 0.2) is 29.3 Å². The third-order valence-electron chi connectivity index (χ3n) is 2.70. The zero-order valence-corrected chi connectivity index (χ0v) is 8.30. The molecule has 2 heterocycles. The minimum Gasteiger partial charge on any atom is -0.335 e. The van der Waals surface area contributed by atoms with Gasteiger partial charge in [0.1, 0.15) is 0 Å². The first-order chi connectivity index (χ1) is 7.43. The highest BCUT2D eigenvalue weighted by Gasteiger charge is 2.26. The molecular weight excluding hydrogens is 192 g/mol. The summed E-state index contributed by atoms with van der Waals surface area (Å²) in [4.78, 5) is 16.8. The molecule has 0 aromatic heterocycles.